The maximum Gasteiger partial charge on any atom is 0.171 e. The number of ether oxygens (including phenoxy) is 2. The molecule has 5 nitrogen and oxygen atoms in total. The first-order valence-corrected chi connectivity index (χ1v) is 21.5. The van der Waals surface area contributed by atoms with Crippen molar-refractivity contribution in [2.45, 2.75) is 12.3 Å². The third-order valence-corrected chi connectivity index (χ3v) is 12.0. The van der Waals surface area contributed by atoms with Crippen LogP contribution in [0.5, 0.6) is 11.5 Å². The Labute approximate surface area is 391 Å². The number of aromatic nitrogens is 2. The van der Waals surface area contributed by atoms with Crippen LogP contribution in [0.15, 0.2) is 197 Å². The summed E-state index contributed by atoms with van der Waals surface area (Å²) < 4.78 is 14.1. The summed E-state index contributed by atoms with van der Waals surface area (Å²) in [5.74, 6) is 1.34. The van der Waals surface area contributed by atoms with Gasteiger partial charge in [-0.25, -0.2) is 0 Å². The zero-order chi connectivity index (χ0) is 41.8. The number of ketones is 1. The molecule has 0 saturated carbocycles. The van der Waals surface area contributed by atoms with Gasteiger partial charge in [-0.3, -0.25) is 4.79 Å². The minimum Gasteiger partial charge on any atom is -0.661 e. The van der Waals surface area contributed by atoms with E-state index < -0.39 is 5.41 Å². The van der Waals surface area contributed by atoms with Gasteiger partial charge in [0, 0.05) is 40.8 Å². The fraction of sp³-hybridized carbons (Fsp3) is 0.0741. The molecule has 8 heteroatoms. The number of halogens is 2. The molecule has 0 fully saturated rings. The number of hydrogen-bond donors (Lipinski definition) is 0. The Hall–Kier alpha value is -5.89. The van der Waals surface area contributed by atoms with Crippen molar-refractivity contribution in [1.29, 1.82) is 0 Å². The Balaban J connectivity index is 0.000000260. The SMILES string of the molecule is Cc1ccc(C2(c3ccc(OCCOc4ccc(C(=O)c5ccc[n-]5)cc4)cc3)c3cc(Br)ccc3-c3ccc(Br)cc32)cc1.[Ir].[c-]1ccccc1-c1nccc2ccccc12. The van der Waals surface area contributed by atoms with Gasteiger partial charge in [0.1, 0.15) is 24.7 Å². The van der Waals surface area contributed by atoms with Crippen molar-refractivity contribution < 1.29 is 34.4 Å². The number of nitrogens with zero attached hydrogens (tertiary/aromatic N) is 2. The van der Waals surface area contributed by atoms with Gasteiger partial charge in [0.25, 0.3) is 0 Å². The van der Waals surface area contributed by atoms with Crippen molar-refractivity contribution in [2.75, 3.05) is 13.2 Å². The molecule has 1 aliphatic carbocycles. The van der Waals surface area contributed by atoms with Gasteiger partial charge >= 0.3 is 0 Å². The maximum atomic E-state index is 12.5. The molecule has 0 aliphatic heterocycles. The third-order valence-electron chi connectivity index (χ3n) is 11.0. The summed E-state index contributed by atoms with van der Waals surface area (Å²) in [6.45, 7) is 2.87. The third kappa shape index (κ3) is 8.61. The Morgan fingerprint density at radius 2 is 1.26 bits per heavy atom. The summed E-state index contributed by atoms with van der Waals surface area (Å²) in [5, 5.41) is 2.39. The first-order valence-electron chi connectivity index (χ1n) is 20.0. The molecule has 307 valence electrons. The van der Waals surface area contributed by atoms with Crippen molar-refractivity contribution in [3.63, 3.8) is 0 Å². The topological polar surface area (TPSA) is 62.5 Å². The van der Waals surface area contributed by atoms with Crippen LogP contribution in [0.3, 0.4) is 0 Å². The second-order valence-corrected chi connectivity index (χ2v) is 16.6. The minimum atomic E-state index is -0.500. The standard InChI is InChI=1S/C39H29Br2NO3.C15H10N.Ir/c1-25-4-8-27(9-5-25)39(35-23-29(40)12-18-33(35)34-19-13-30(41)24-36(34)39)28-10-16-32(17-11-28)45-22-21-44-31-14-6-26(7-15-31)38(43)37-3-2-20-42-37;1-2-7-13(8-3-1)15-14-9-5-4-6-12(14)10-11-16-15;/h2-20,23-24H,21-22H2,1H3,(H,42,43);1-7,9-11H;/q;-1;/p-1. The van der Waals surface area contributed by atoms with Gasteiger partial charge in [0.15, 0.2) is 5.78 Å². The van der Waals surface area contributed by atoms with Crippen LogP contribution in [0.4, 0.5) is 0 Å². The summed E-state index contributed by atoms with van der Waals surface area (Å²) in [4.78, 5) is 21.0. The number of fused-ring (bicyclic) bond motifs is 4. The van der Waals surface area contributed by atoms with E-state index in [1.165, 1.54) is 44.2 Å². The van der Waals surface area contributed by atoms with Crippen molar-refractivity contribution >= 4 is 48.4 Å². The first kappa shape index (κ1) is 42.8. The predicted octanol–water partition coefficient (Wildman–Crippen LogP) is 13.2. The molecule has 0 unspecified atom stereocenters. The zero-order valence-corrected chi connectivity index (χ0v) is 39.1. The van der Waals surface area contributed by atoms with E-state index in [2.05, 4.69) is 140 Å². The summed E-state index contributed by atoms with van der Waals surface area (Å²) >= 11 is 7.51. The van der Waals surface area contributed by atoms with Gasteiger partial charge < -0.3 is 19.4 Å². The maximum absolute atomic E-state index is 12.5. The van der Waals surface area contributed by atoms with Gasteiger partial charge in [-0.05, 0) is 124 Å². The van der Waals surface area contributed by atoms with Crippen LogP contribution in [-0.2, 0) is 25.5 Å². The molecule has 0 bridgehead atoms. The molecule has 1 aliphatic rings. The molecule has 0 spiro atoms. The summed E-state index contributed by atoms with van der Waals surface area (Å²) in [5.41, 5.74) is 11.1. The number of aryl methyl sites for hydroxylation is 1. The van der Waals surface area contributed by atoms with E-state index in [4.69, 9.17) is 9.47 Å². The van der Waals surface area contributed by atoms with Gasteiger partial charge in [0.2, 0.25) is 0 Å². The summed E-state index contributed by atoms with van der Waals surface area (Å²) in [7, 11) is 0. The van der Waals surface area contributed by atoms with E-state index in [1.807, 2.05) is 60.8 Å². The van der Waals surface area contributed by atoms with Crippen LogP contribution in [-0.4, -0.2) is 24.0 Å². The fourth-order valence-corrected chi connectivity index (χ4v) is 8.86. The monoisotopic (exact) mass is 1110 g/mol. The van der Waals surface area contributed by atoms with Crippen LogP contribution in [0.25, 0.3) is 33.2 Å². The molecular formula is C54H38Br2IrN2O3-2. The minimum absolute atomic E-state index is 0. The number of carbonyl (C=O) groups excluding carboxylic acids is 1. The summed E-state index contributed by atoms with van der Waals surface area (Å²) in [6, 6.07) is 62.5. The number of carbonyl (C=O) groups is 1. The average Bonchev–Trinajstić information content (AvgIpc) is 3.94. The normalized spacial score (nSPS) is 12.0. The number of rotatable bonds is 10. The van der Waals surface area contributed by atoms with Gasteiger partial charge in [-0.15, -0.1) is 35.9 Å². The van der Waals surface area contributed by atoms with Crippen LogP contribution in [0, 0.1) is 13.0 Å². The van der Waals surface area contributed by atoms with E-state index in [0.717, 1.165) is 31.5 Å². The molecule has 0 amide bonds. The average molecular weight is 1110 g/mol. The quantitative estimate of drug-likeness (QED) is 0.0776. The zero-order valence-electron chi connectivity index (χ0n) is 33.5. The van der Waals surface area contributed by atoms with E-state index in [-0.39, 0.29) is 25.9 Å². The molecule has 0 N–H and O–H groups in total. The van der Waals surface area contributed by atoms with Crippen molar-refractivity contribution in [2.24, 2.45) is 0 Å². The number of pyridine rings is 1. The van der Waals surface area contributed by atoms with Crippen molar-refractivity contribution in [3.8, 4) is 33.9 Å². The van der Waals surface area contributed by atoms with Gasteiger partial charge in [0.05, 0.1) is 5.41 Å². The molecule has 9 aromatic rings. The van der Waals surface area contributed by atoms with E-state index in [1.54, 1.807) is 42.6 Å². The number of hydrogen-bond acceptors (Lipinski definition) is 4. The van der Waals surface area contributed by atoms with E-state index in [0.29, 0.717) is 30.2 Å². The Morgan fingerprint density at radius 3 is 1.85 bits per heavy atom. The van der Waals surface area contributed by atoms with E-state index in [9.17, 15) is 4.79 Å². The van der Waals surface area contributed by atoms with Crippen LogP contribution in [0.1, 0.15) is 43.9 Å². The second kappa shape index (κ2) is 19.0. The molecule has 62 heavy (non-hydrogen) atoms. The molecule has 7 aromatic carbocycles. The fourth-order valence-electron chi connectivity index (χ4n) is 8.14. The Morgan fingerprint density at radius 1 is 0.661 bits per heavy atom. The largest absolute Gasteiger partial charge is 0.661 e. The van der Waals surface area contributed by atoms with Crippen molar-refractivity contribution in [1.82, 2.24) is 9.97 Å². The van der Waals surface area contributed by atoms with Crippen LogP contribution in [0.2, 0.25) is 0 Å². The Kier molecular flexibility index (Phi) is 13.1. The molecule has 1 radical (unpaired) electrons. The van der Waals surface area contributed by atoms with E-state index >= 15 is 0 Å². The van der Waals surface area contributed by atoms with Crippen LogP contribution >= 0.6 is 31.9 Å². The first-order chi connectivity index (χ1) is 29.9. The second-order valence-electron chi connectivity index (χ2n) is 14.8. The Bertz CT molecular complexity index is 2900. The molecule has 2 heterocycles. The predicted molar refractivity (Wildman–Crippen MR) is 251 cm³/mol. The van der Waals surface area contributed by atoms with Crippen molar-refractivity contribution in [3.05, 3.63) is 242 Å². The molecular weight excluding hydrogens is 1080 g/mol. The van der Waals surface area contributed by atoms with Crippen LogP contribution < -0.4 is 14.5 Å². The molecule has 0 atom stereocenters. The van der Waals surface area contributed by atoms with Gasteiger partial charge in [-0.2, -0.15) is 6.20 Å². The molecule has 10 rings (SSSR count). The molecule has 2 aromatic heterocycles. The molecule has 0 saturated heterocycles. The summed E-state index contributed by atoms with van der Waals surface area (Å²) in [6.07, 6.45) is 3.46. The number of benzene rings is 7. The smallest absolute Gasteiger partial charge is 0.171 e. The van der Waals surface area contributed by atoms with Gasteiger partial charge in [-0.1, -0.05) is 128 Å².